The number of hydrogen-bond donors (Lipinski definition) is 2. The highest BCUT2D eigenvalue weighted by molar-refractivity contribution is 6.35. The smallest absolute Gasteiger partial charge is 0.329 e. The molecule has 1 saturated heterocycles. The Morgan fingerprint density at radius 1 is 0.968 bits per heavy atom. The third-order valence-electron chi connectivity index (χ3n) is 4.83. The highest BCUT2D eigenvalue weighted by Gasteiger charge is 2.18. The minimum atomic E-state index is -0.829. The number of hydrogen-bond acceptors (Lipinski definition) is 5. The van der Waals surface area contributed by atoms with E-state index in [0.29, 0.717) is 24.3 Å². The maximum Gasteiger partial charge on any atom is 0.329 e. The largest absolute Gasteiger partial charge is 0.484 e. The average Bonchev–Trinajstić information content (AvgIpc) is 3.34. The molecule has 0 aliphatic carbocycles. The molecule has 1 aliphatic heterocycles. The van der Waals surface area contributed by atoms with Crippen LogP contribution in [0.3, 0.4) is 0 Å². The maximum absolute atomic E-state index is 12.0. The van der Waals surface area contributed by atoms with E-state index in [-0.39, 0.29) is 12.5 Å². The standard InChI is InChI=1S/C23H26N4O4/c28-21(27-14-4-5-15-27)17-31-20-10-8-19(9-11-20)16-25-26-23(30)22(29)24-13-12-18-6-2-1-3-7-18/h1-3,6-11,16H,4-5,12-15,17H2,(H,24,29)(H,26,30)/b25-16-. The van der Waals surface area contributed by atoms with Crippen LogP contribution in [0.4, 0.5) is 0 Å². The first kappa shape index (κ1) is 22.0. The molecule has 162 valence electrons. The van der Waals surface area contributed by atoms with Crippen molar-refractivity contribution in [2.45, 2.75) is 19.3 Å². The average molecular weight is 422 g/mol. The fraction of sp³-hybridized carbons (Fsp3) is 0.304. The molecule has 31 heavy (non-hydrogen) atoms. The number of hydrazone groups is 1. The molecule has 0 unspecified atom stereocenters. The number of ether oxygens (including phenoxy) is 1. The number of carbonyl (C=O) groups excluding carboxylic acids is 3. The third-order valence-corrected chi connectivity index (χ3v) is 4.83. The van der Waals surface area contributed by atoms with Gasteiger partial charge in [0.25, 0.3) is 5.91 Å². The summed E-state index contributed by atoms with van der Waals surface area (Å²) in [5.41, 5.74) is 3.99. The number of amides is 3. The Hall–Kier alpha value is -3.68. The van der Waals surface area contributed by atoms with Gasteiger partial charge in [0.2, 0.25) is 0 Å². The van der Waals surface area contributed by atoms with Crippen LogP contribution in [0, 0.1) is 0 Å². The van der Waals surface area contributed by atoms with Gasteiger partial charge in [-0.25, -0.2) is 5.43 Å². The molecule has 1 fully saturated rings. The summed E-state index contributed by atoms with van der Waals surface area (Å²) in [7, 11) is 0. The van der Waals surface area contributed by atoms with E-state index in [0.717, 1.165) is 31.5 Å². The normalized spacial score (nSPS) is 13.2. The van der Waals surface area contributed by atoms with Gasteiger partial charge in [-0.15, -0.1) is 0 Å². The van der Waals surface area contributed by atoms with E-state index >= 15 is 0 Å². The number of likely N-dealkylation sites (tertiary alicyclic amines) is 1. The zero-order valence-corrected chi connectivity index (χ0v) is 17.3. The van der Waals surface area contributed by atoms with Gasteiger partial charge in [-0.3, -0.25) is 14.4 Å². The SMILES string of the molecule is O=C(NCCc1ccccc1)C(=O)N/N=C\c1ccc(OCC(=O)N2CCCC2)cc1. The summed E-state index contributed by atoms with van der Waals surface area (Å²) >= 11 is 0. The number of nitrogens with zero attached hydrogens (tertiary/aromatic N) is 2. The van der Waals surface area contributed by atoms with E-state index in [1.165, 1.54) is 6.21 Å². The van der Waals surface area contributed by atoms with Crippen LogP contribution in [0.1, 0.15) is 24.0 Å². The van der Waals surface area contributed by atoms with Crippen molar-refractivity contribution in [2.24, 2.45) is 5.10 Å². The molecular weight excluding hydrogens is 396 g/mol. The zero-order chi connectivity index (χ0) is 21.9. The lowest BCUT2D eigenvalue weighted by atomic mass is 10.1. The van der Waals surface area contributed by atoms with Crippen molar-refractivity contribution in [1.82, 2.24) is 15.6 Å². The van der Waals surface area contributed by atoms with Crippen molar-refractivity contribution in [3.63, 3.8) is 0 Å². The van der Waals surface area contributed by atoms with Crippen LogP contribution >= 0.6 is 0 Å². The lowest BCUT2D eigenvalue weighted by Crippen LogP contribution is -2.38. The Balaban J connectivity index is 1.36. The molecule has 0 aromatic heterocycles. The van der Waals surface area contributed by atoms with Crippen LogP contribution in [-0.2, 0) is 20.8 Å². The first-order valence-electron chi connectivity index (χ1n) is 10.3. The summed E-state index contributed by atoms with van der Waals surface area (Å²) < 4.78 is 5.52. The number of nitrogens with one attached hydrogen (secondary N) is 2. The second-order valence-electron chi connectivity index (χ2n) is 7.14. The Bertz CT molecular complexity index is 907. The van der Waals surface area contributed by atoms with Gasteiger partial charge in [0.05, 0.1) is 6.21 Å². The molecule has 0 spiro atoms. The van der Waals surface area contributed by atoms with Gasteiger partial charge in [0.15, 0.2) is 6.61 Å². The monoisotopic (exact) mass is 422 g/mol. The number of benzene rings is 2. The fourth-order valence-electron chi connectivity index (χ4n) is 3.11. The van der Waals surface area contributed by atoms with Crippen LogP contribution in [-0.4, -0.2) is 55.1 Å². The fourth-order valence-corrected chi connectivity index (χ4v) is 3.11. The molecule has 0 atom stereocenters. The minimum absolute atomic E-state index is 0.00658. The van der Waals surface area contributed by atoms with Crippen molar-refractivity contribution in [3.8, 4) is 5.75 Å². The van der Waals surface area contributed by atoms with Crippen LogP contribution < -0.4 is 15.5 Å². The lowest BCUT2D eigenvalue weighted by Gasteiger charge is -2.15. The third kappa shape index (κ3) is 7.26. The van der Waals surface area contributed by atoms with Crippen molar-refractivity contribution in [2.75, 3.05) is 26.2 Å². The number of rotatable bonds is 8. The molecule has 0 bridgehead atoms. The molecular formula is C23H26N4O4. The van der Waals surface area contributed by atoms with E-state index in [9.17, 15) is 14.4 Å². The molecule has 2 aromatic rings. The molecule has 2 N–H and O–H groups in total. The van der Waals surface area contributed by atoms with E-state index in [2.05, 4.69) is 15.8 Å². The summed E-state index contributed by atoms with van der Waals surface area (Å²) in [6, 6.07) is 16.6. The zero-order valence-electron chi connectivity index (χ0n) is 17.3. The summed E-state index contributed by atoms with van der Waals surface area (Å²) in [5, 5.41) is 6.36. The molecule has 8 heteroatoms. The lowest BCUT2D eigenvalue weighted by molar-refractivity contribution is -0.139. The van der Waals surface area contributed by atoms with Gasteiger partial charge in [-0.1, -0.05) is 30.3 Å². The predicted octanol–water partition coefficient (Wildman–Crippen LogP) is 1.50. The van der Waals surface area contributed by atoms with Crippen LogP contribution in [0.5, 0.6) is 5.75 Å². The van der Waals surface area contributed by atoms with Gasteiger partial charge in [0, 0.05) is 19.6 Å². The van der Waals surface area contributed by atoms with E-state index in [4.69, 9.17) is 4.74 Å². The van der Waals surface area contributed by atoms with Crippen molar-refractivity contribution in [1.29, 1.82) is 0 Å². The summed E-state index contributed by atoms with van der Waals surface area (Å²) in [5.74, 6) is -0.997. The maximum atomic E-state index is 12.0. The van der Waals surface area contributed by atoms with Crippen LogP contribution in [0.2, 0.25) is 0 Å². The molecule has 2 aromatic carbocycles. The topological polar surface area (TPSA) is 100 Å². The first-order chi connectivity index (χ1) is 15.1. The second-order valence-corrected chi connectivity index (χ2v) is 7.14. The van der Waals surface area contributed by atoms with Crippen molar-refractivity contribution >= 4 is 23.9 Å². The Morgan fingerprint density at radius 3 is 2.39 bits per heavy atom. The van der Waals surface area contributed by atoms with Gasteiger partial charge >= 0.3 is 11.8 Å². The quantitative estimate of drug-likeness (QED) is 0.382. The van der Waals surface area contributed by atoms with E-state index < -0.39 is 11.8 Å². The Morgan fingerprint density at radius 2 is 1.68 bits per heavy atom. The van der Waals surface area contributed by atoms with Gasteiger partial charge < -0.3 is 15.0 Å². The molecule has 0 saturated carbocycles. The highest BCUT2D eigenvalue weighted by Crippen LogP contribution is 2.12. The second kappa shape index (κ2) is 11.5. The van der Waals surface area contributed by atoms with Gasteiger partial charge in [-0.2, -0.15) is 5.10 Å². The summed E-state index contributed by atoms with van der Waals surface area (Å²) in [6.45, 7) is 1.98. The van der Waals surface area contributed by atoms with Gasteiger partial charge in [-0.05, 0) is 54.7 Å². The Kier molecular flexibility index (Phi) is 8.16. The molecule has 3 amide bonds. The number of carbonyl (C=O) groups is 3. The van der Waals surface area contributed by atoms with Crippen LogP contribution in [0.15, 0.2) is 59.7 Å². The summed E-state index contributed by atoms with van der Waals surface area (Å²) in [4.78, 5) is 37.4. The minimum Gasteiger partial charge on any atom is -0.484 e. The van der Waals surface area contributed by atoms with Gasteiger partial charge in [0.1, 0.15) is 5.75 Å². The van der Waals surface area contributed by atoms with Crippen molar-refractivity contribution in [3.05, 3.63) is 65.7 Å². The molecule has 1 aliphatic rings. The van der Waals surface area contributed by atoms with Crippen LogP contribution in [0.25, 0.3) is 0 Å². The predicted molar refractivity (Wildman–Crippen MR) is 117 cm³/mol. The Labute approximate surface area is 181 Å². The highest BCUT2D eigenvalue weighted by atomic mass is 16.5. The molecule has 0 radical (unpaired) electrons. The summed E-state index contributed by atoms with van der Waals surface area (Å²) in [6.07, 6.45) is 4.16. The van der Waals surface area contributed by atoms with Crippen molar-refractivity contribution < 1.29 is 19.1 Å². The molecule has 1 heterocycles. The molecule has 3 rings (SSSR count). The van der Waals surface area contributed by atoms with E-state index in [1.54, 1.807) is 24.3 Å². The van der Waals surface area contributed by atoms with E-state index in [1.807, 2.05) is 35.2 Å². The first-order valence-corrected chi connectivity index (χ1v) is 10.3. The molecule has 8 nitrogen and oxygen atoms in total.